The maximum Gasteiger partial charge on any atom is 0.320 e. The van der Waals surface area contributed by atoms with Gasteiger partial charge in [0.15, 0.2) is 0 Å². The van der Waals surface area contributed by atoms with E-state index in [4.69, 9.17) is 5.11 Å². The fourth-order valence-corrected chi connectivity index (χ4v) is 2.28. The highest BCUT2D eigenvalue weighted by Crippen LogP contribution is 2.21. The van der Waals surface area contributed by atoms with Gasteiger partial charge in [0.25, 0.3) is 5.69 Å². The molecule has 96 valence electrons. The van der Waals surface area contributed by atoms with Crippen LogP contribution < -0.4 is 5.32 Å². The molecule has 0 saturated carbocycles. The molecule has 0 aliphatic carbocycles. The molecule has 1 heterocycles. The second-order valence-electron chi connectivity index (χ2n) is 4.53. The molecule has 1 aromatic rings. The van der Waals surface area contributed by atoms with Crippen LogP contribution in [-0.2, 0) is 11.2 Å². The van der Waals surface area contributed by atoms with Gasteiger partial charge >= 0.3 is 5.97 Å². The SMILES string of the molecule is O=C(O)[C@H]1C[C@H](Cc2cccc([N+](=O)[O-])c2)CN1. The van der Waals surface area contributed by atoms with Gasteiger partial charge in [0.1, 0.15) is 6.04 Å². The van der Waals surface area contributed by atoms with Crippen molar-refractivity contribution >= 4 is 11.7 Å². The summed E-state index contributed by atoms with van der Waals surface area (Å²) < 4.78 is 0. The summed E-state index contributed by atoms with van der Waals surface area (Å²) in [7, 11) is 0. The van der Waals surface area contributed by atoms with E-state index in [0.717, 1.165) is 5.56 Å². The molecule has 0 amide bonds. The number of carboxylic acid groups (broad SMARTS) is 1. The van der Waals surface area contributed by atoms with E-state index in [-0.39, 0.29) is 11.6 Å². The summed E-state index contributed by atoms with van der Waals surface area (Å²) in [5.74, 6) is -0.621. The quantitative estimate of drug-likeness (QED) is 0.618. The van der Waals surface area contributed by atoms with E-state index < -0.39 is 16.9 Å². The molecule has 2 rings (SSSR count). The van der Waals surface area contributed by atoms with E-state index in [1.807, 2.05) is 6.07 Å². The lowest BCUT2D eigenvalue weighted by molar-refractivity contribution is -0.384. The number of carbonyl (C=O) groups is 1. The van der Waals surface area contributed by atoms with Crippen LogP contribution in [0.4, 0.5) is 5.69 Å². The third-order valence-electron chi connectivity index (χ3n) is 3.17. The maximum atomic E-state index is 10.8. The van der Waals surface area contributed by atoms with Crippen molar-refractivity contribution in [1.82, 2.24) is 5.32 Å². The van der Waals surface area contributed by atoms with Crippen LogP contribution in [0, 0.1) is 16.0 Å². The predicted octanol–water partition coefficient (Wildman–Crippen LogP) is 1.20. The minimum absolute atomic E-state index is 0.0771. The summed E-state index contributed by atoms with van der Waals surface area (Å²) in [4.78, 5) is 21.0. The third kappa shape index (κ3) is 2.84. The molecule has 0 unspecified atom stereocenters. The third-order valence-corrected chi connectivity index (χ3v) is 3.17. The average molecular weight is 250 g/mol. The van der Waals surface area contributed by atoms with Gasteiger partial charge in [-0.05, 0) is 30.9 Å². The monoisotopic (exact) mass is 250 g/mol. The Morgan fingerprint density at radius 2 is 2.33 bits per heavy atom. The average Bonchev–Trinajstić information content (AvgIpc) is 2.78. The number of carboxylic acids is 1. The summed E-state index contributed by atoms with van der Waals surface area (Å²) in [6.45, 7) is 0.639. The van der Waals surface area contributed by atoms with E-state index in [1.54, 1.807) is 12.1 Å². The molecule has 6 nitrogen and oxygen atoms in total. The van der Waals surface area contributed by atoms with Crippen LogP contribution in [0.1, 0.15) is 12.0 Å². The Kier molecular flexibility index (Phi) is 3.57. The molecule has 0 aromatic heterocycles. The number of non-ortho nitro benzene ring substituents is 1. The van der Waals surface area contributed by atoms with Crippen molar-refractivity contribution in [3.8, 4) is 0 Å². The number of benzene rings is 1. The normalized spacial score (nSPS) is 22.9. The largest absolute Gasteiger partial charge is 0.480 e. The smallest absolute Gasteiger partial charge is 0.320 e. The van der Waals surface area contributed by atoms with Gasteiger partial charge in [0.2, 0.25) is 0 Å². The molecule has 1 fully saturated rings. The molecule has 1 aromatic carbocycles. The first-order valence-corrected chi connectivity index (χ1v) is 5.76. The van der Waals surface area contributed by atoms with Crippen LogP contribution >= 0.6 is 0 Å². The van der Waals surface area contributed by atoms with Crippen LogP contribution in [-0.4, -0.2) is 28.6 Å². The van der Waals surface area contributed by atoms with Gasteiger partial charge in [-0.1, -0.05) is 12.1 Å². The second-order valence-corrected chi connectivity index (χ2v) is 4.53. The van der Waals surface area contributed by atoms with Gasteiger partial charge in [-0.25, -0.2) is 0 Å². The molecular formula is C12H14N2O4. The minimum atomic E-state index is -0.837. The summed E-state index contributed by atoms with van der Waals surface area (Å²) in [6.07, 6.45) is 1.23. The first kappa shape index (κ1) is 12.5. The van der Waals surface area contributed by atoms with Crippen molar-refractivity contribution in [2.24, 2.45) is 5.92 Å². The molecule has 0 radical (unpaired) electrons. The summed E-state index contributed by atoms with van der Waals surface area (Å²) in [5, 5.41) is 22.4. The van der Waals surface area contributed by atoms with E-state index in [0.29, 0.717) is 19.4 Å². The number of nitrogens with zero attached hydrogens (tertiary/aromatic N) is 1. The highest BCUT2D eigenvalue weighted by atomic mass is 16.6. The van der Waals surface area contributed by atoms with Crippen LogP contribution in [0.5, 0.6) is 0 Å². The summed E-state index contributed by atoms with van der Waals surface area (Å²) in [5.41, 5.74) is 0.954. The molecule has 0 spiro atoms. The molecule has 2 atom stereocenters. The van der Waals surface area contributed by atoms with Crippen molar-refractivity contribution in [2.45, 2.75) is 18.9 Å². The number of aliphatic carboxylic acids is 1. The number of hydrogen-bond donors (Lipinski definition) is 2. The number of rotatable bonds is 4. The lowest BCUT2D eigenvalue weighted by Gasteiger charge is -2.08. The Morgan fingerprint density at radius 1 is 1.56 bits per heavy atom. The molecule has 1 saturated heterocycles. The first-order chi connectivity index (χ1) is 8.56. The summed E-state index contributed by atoms with van der Waals surface area (Å²) >= 11 is 0. The lowest BCUT2D eigenvalue weighted by Crippen LogP contribution is -2.29. The van der Waals surface area contributed by atoms with Crippen molar-refractivity contribution in [2.75, 3.05) is 6.54 Å². The van der Waals surface area contributed by atoms with E-state index in [1.165, 1.54) is 6.07 Å². The zero-order chi connectivity index (χ0) is 13.1. The Hall–Kier alpha value is -1.95. The van der Waals surface area contributed by atoms with E-state index in [2.05, 4.69) is 5.32 Å². The molecule has 0 bridgehead atoms. The van der Waals surface area contributed by atoms with Crippen LogP contribution in [0.25, 0.3) is 0 Å². The second kappa shape index (κ2) is 5.14. The van der Waals surface area contributed by atoms with Gasteiger partial charge < -0.3 is 10.4 Å². The number of nitro benzene ring substituents is 1. The van der Waals surface area contributed by atoms with Crippen molar-refractivity contribution < 1.29 is 14.8 Å². The maximum absolute atomic E-state index is 10.8. The van der Waals surface area contributed by atoms with Gasteiger partial charge in [0, 0.05) is 12.1 Å². The first-order valence-electron chi connectivity index (χ1n) is 5.76. The molecular weight excluding hydrogens is 236 g/mol. The Labute approximate surface area is 104 Å². The summed E-state index contributed by atoms with van der Waals surface area (Å²) in [6, 6.07) is 6.00. The van der Waals surface area contributed by atoms with E-state index in [9.17, 15) is 14.9 Å². The highest BCUT2D eigenvalue weighted by molar-refractivity contribution is 5.73. The predicted molar refractivity (Wildman–Crippen MR) is 64.3 cm³/mol. The highest BCUT2D eigenvalue weighted by Gasteiger charge is 2.29. The standard InChI is InChI=1S/C12H14N2O4/c15-12(16)11-6-9(7-13-11)4-8-2-1-3-10(5-8)14(17)18/h1-3,5,9,11,13H,4,6-7H2,(H,15,16)/t9-,11+/m0/s1. The molecule has 6 heteroatoms. The van der Waals surface area contributed by atoms with Crippen molar-refractivity contribution in [3.63, 3.8) is 0 Å². The van der Waals surface area contributed by atoms with Crippen LogP contribution in [0.2, 0.25) is 0 Å². The van der Waals surface area contributed by atoms with Gasteiger partial charge in [-0.3, -0.25) is 14.9 Å². The lowest BCUT2D eigenvalue weighted by atomic mass is 9.96. The van der Waals surface area contributed by atoms with E-state index >= 15 is 0 Å². The minimum Gasteiger partial charge on any atom is -0.480 e. The Balaban J connectivity index is 2.00. The fraction of sp³-hybridized carbons (Fsp3) is 0.417. The number of nitro groups is 1. The number of nitrogens with one attached hydrogen (secondary N) is 1. The van der Waals surface area contributed by atoms with Gasteiger partial charge in [0.05, 0.1) is 4.92 Å². The zero-order valence-corrected chi connectivity index (χ0v) is 9.70. The topological polar surface area (TPSA) is 92.5 Å². The molecule has 1 aliphatic rings. The van der Waals surface area contributed by atoms with Gasteiger partial charge in [-0.15, -0.1) is 0 Å². The Morgan fingerprint density at radius 3 is 2.94 bits per heavy atom. The molecule has 18 heavy (non-hydrogen) atoms. The zero-order valence-electron chi connectivity index (χ0n) is 9.70. The molecule has 2 N–H and O–H groups in total. The fourth-order valence-electron chi connectivity index (χ4n) is 2.28. The van der Waals surface area contributed by atoms with Crippen LogP contribution in [0.3, 0.4) is 0 Å². The Bertz CT molecular complexity index is 475. The molecule has 1 aliphatic heterocycles. The van der Waals surface area contributed by atoms with Crippen molar-refractivity contribution in [1.29, 1.82) is 0 Å². The van der Waals surface area contributed by atoms with Crippen LogP contribution in [0.15, 0.2) is 24.3 Å². The van der Waals surface area contributed by atoms with Gasteiger partial charge in [-0.2, -0.15) is 0 Å². The number of hydrogen-bond acceptors (Lipinski definition) is 4. The van der Waals surface area contributed by atoms with Crippen molar-refractivity contribution in [3.05, 3.63) is 39.9 Å².